The summed E-state index contributed by atoms with van der Waals surface area (Å²) in [5.74, 6) is 0.446. The van der Waals surface area contributed by atoms with Gasteiger partial charge < -0.3 is 21.0 Å². The SMILES string of the molecule is CCOc1cccc(NC(=O)C2(C(N)=NO)CCCC2)c1. The number of carbonyl (C=O) groups excluding carboxylic acids is 1. The Morgan fingerprint density at radius 3 is 2.81 bits per heavy atom. The van der Waals surface area contributed by atoms with Gasteiger partial charge in [0.05, 0.1) is 6.61 Å². The molecule has 1 amide bonds. The summed E-state index contributed by atoms with van der Waals surface area (Å²) in [6, 6.07) is 7.19. The normalized spacial score (nSPS) is 17.5. The van der Waals surface area contributed by atoms with Crippen molar-refractivity contribution >= 4 is 17.4 Å². The molecular formula is C15H21N3O3. The van der Waals surface area contributed by atoms with E-state index in [2.05, 4.69) is 10.5 Å². The maximum atomic E-state index is 12.6. The number of hydrogen-bond donors (Lipinski definition) is 3. The fraction of sp³-hybridized carbons (Fsp3) is 0.467. The maximum absolute atomic E-state index is 12.6. The Labute approximate surface area is 124 Å². The van der Waals surface area contributed by atoms with Gasteiger partial charge in [0.25, 0.3) is 0 Å². The predicted molar refractivity (Wildman–Crippen MR) is 80.6 cm³/mol. The molecule has 0 atom stereocenters. The number of anilines is 1. The van der Waals surface area contributed by atoms with Crippen molar-refractivity contribution in [3.8, 4) is 5.75 Å². The highest BCUT2D eigenvalue weighted by Crippen LogP contribution is 2.39. The first-order chi connectivity index (χ1) is 10.1. The average Bonchev–Trinajstić information content (AvgIpc) is 2.98. The third kappa shape index (κ3) is 3.09. The standard InChI is InChI=1S/C15H21N3O3/c1-2-21-12-7-5-6-11(10-12)17-14(19)15(13(16)18-20)8-3-4-9-15/h5-7,10,20H,2-4,8-9H2,1H3,(H2,16,18)(H,17,19). The van der Waals surface area contributed by atoms with Crippen LogP contribution in [0, 0.1) is 5.41 Å². The van der Waals surface area contributed by atoms with Crippen molar-refractivity contribution in [2.24, 2.45) is 16.3 Å². The number of oxime groups is 1. The first-order valence-corrected chi connectivity index (χ1v) is 7.14. The molecule has 2 rings (SSSR count). The van der Waals surface area contributed by atoms with E-state index in [1.165, 1.54) is 0 Å². The molecule has 0 aromatic heterocycles. The van der Waals surface area contributed by atoms with E-state index in [1.807, 2.05) is 19.1 Å². The van der Waals surface area contributed by atoms with Crippen LogP contribution in [-0.4, -0.2) is 23.6 Å². The zero-order valence-corrected chi connectivity index (χ0v) is 12.1. The number of amidine groups is 1. The fourth-order valence-electron chi connectivity index (χ4n) is 2.75. The number of nitrogens with two attached hydrogens (primary N) is 1. The highest BCUT2D eigenvalue weighted by molar-refractivity contribution is 6.12. The monoisotopic (exact) mass is 291 g/mol. The van der Waals surface area contributed by atoms with Crippen LogP contribution >= 0.6 is 0 Å². The lowest BCUT2D eigenvalue weighted by Crippen LogP contribution is -2.45. The Morgan fingerprint density at radius 1 is 1.48 bits per heavy atom. The van der Waals surface area contributed by atoms with E-state index >= 15 is 0 Å². The van der Waals surface area contributed by atoms with Crippen molar-refractivity contribution < 1.29 is 14.7 Å². The van der Waals surface area contributed by atoms with Crippen molar-refractivity contribution in [3.63, 3.8) is 0 Å². The van der Waals surface area contributed by atoms with Crippen molar-refractivity contribution in [2.75, 3.05) is 11.9 Å². The van der Waals surface area contributed by atoms with Gasteiger partial charge in [0, 0.05) is 11.8 Å². The molecule has 1 aliphatic carbocycles. The Balaban J connectivity index is 2.18. The van der Waals surface area contributed by atoms with E-state index in [-0.39, 0.29) is 11.7 Å². The number of hydrogen-bond acceptors (Lipinski definition) is 4. The smallest absolute Gasteiger partial charge is 0.238 e. The molecule has 1 aromatic rings. The topological polar surface area (TPSA) is 96.9 Å². The molecule has 1 aliphatic rings. The summed E-state index contributed by atoms with van der Waals surface area (Å²) in [5.41, 5.74) is 5.50. The van der Waals surface area contributed by atoms with Crippen LogP contribution in [0.15, 0.2) is 29.4 Å². The Morgan fingerprint density at radius 2 is 2.19 bits per heavy atom. The summed E-state index contributed by atoms with van der Waals surface area (Å²) >= 11 is 0. The van der Waals surface area contributed by atoms with Crippen LogP contribution in [0.3, 0.4) is 0 Å². The fourth-order valence-corrected chi connectivity index (χ4v) is 2.75. The van der Waals surface area contributed by atoms with Gasteiger partial charge in [-0.2, -0.15) is 0 Å². The van der Waals surface area contributed by atoms with E-state index in [0.717, 1.165) is 12.8 Å². The van der Waals surface area contributed by atoms with Crippen LogP contribution < -0.4 is 15.8 Å². The minimum Gasteiger partial charge on any atom is -0.494 e. The van der Waals surface area contributed by atoms with Crippen molar-refractivity contribution in [1.82, 2.24) is 0 Å². The van der Waals surface area contributed by atoms with Crippen LogP contribution in [-0.2, 0) is 4.79 Å². The predicted octanol–water partition coefficient (Wildman–Crippen LogP) is 2.33. The Bertz CT molecular complexity index is 537. The minimum absolute atomic E-state index is 0.0153. The lowest BCUT2D eigenvalue weighted by atomic mass is 9.83. The van der Waals surface area contributed by atoms with Gasteiger partial charge >= 0.3 is 0 Å². The molecular weight excluding hydrogens is 270 g/mol. The molecule has 1 saturated carbocycles. The Hall–Kier alpha value is -2.24. The zero-order valence-electron chi connectivity index (χ0n) is 12.1. The van der Waals surface area contributed by atoms with E-state index < -0.39 is 5.41 Å². The van der Waals surface area contributed by atoms with Crippen molar-refractivity contribution in [3.05, 3.63) is 24.3 Å². The minimum atomic E-state index is -0.906. The molecule has 1 aromatic carbocycles. The van der Waals surface area contributed by atoms with Gasteiger partial charge in [-0.25, -0.2) is 0 Å². The van der Waals surface area contributed by atoms with Gasteiger partial charge in [-0.3, -0.25) is 4.79 Å². The average molecular weight is 291 g/mol. The van der Waals surface area contributed by atoms with Gasteiger partial charge in [-0.15, -0.1) is 0 Å². The van der Waals surface area contributed by atoms with Crippen LogP contribution in [0.2, 0.25) is 0 Å². The molecule has 21 heavy (non-hydrogen) atoms. The Kier molecular flexibility index (Phi) is 4.67. The van der Waals surface area contributed by atoms with Crippen LogP contribution in [0.25, 0.3) is 0 Å². The second kappa shape index (κ2) is 6.47. The number of ether oxygens (including phenoxy) is 1. The lowest BCUT2D eigenvalue weighted by Gasteiger charge is -2.26. The second-order valence-corrected chi connectivity index (χ2v) is 5.19. The summed E-state index contributed by atoms with van der Waals surface area (Å²) in [5, 5.41) is 14.9. The first kappa shape index (κ1) is 15.2. The van der Waals surface area contributed by atoms with E-state index in [0.29, 0.717) is 30.9 Å². The number of nitrogens with one attached hydrogen (secondary N) is 1. The van der Waals surface area contributed by atoms with E-state index in [9.17, 15) is 4.79 Å². The molecule has 114 valence electrons. The lowest BCUT2D eigenvalue weighted by molar-refractivity contribution is -0.122. The highest BCUT2D eigenvalue weighted by Gasteiger charge is 2.45. The van der Waals surface area contributed by atoms with Gasteiger partial charge in [0.1, 0.15) is 11.2 Å². The molecule has 0 unspecified atom stereocenters. The number of benzene rings is 1. The first-order valence-electron chi connectivity index (χ1n) is 7.14. The molecule has 6 heteroatoms. The van der Waals surface area contributed by atoms with Gasteiger partial charge in [0.2, 0.25) is 5.91 Å². The highest BCUT2D eigenvalue weighted by atomic mass is 16.5. The van der Waals surface area contributed by atoms with Crippen LogP contribution in [0.5, 0.6) is 5.75 Å². The molecule has 0 saturated heterocycles. The molecule has 0 spiro atoms. The van der Waals surface area contributed by atoms with E-state index in [4.69, 9.17) is 15.7 Å². The van der Waals surface area contributed by atoms with Gasteiger partial charge in [-0.05, 0) is 31.9 Å². The van der Waals surface area contributed by atoms with Crippen LogP contribution in [0.4, 0.5) is 5.69 Å². The largest absolute Gasteiger partial charge is 0.494 e. The summed E-state index contributed by atoms with van der Waals surface area (Å²) < 4.78 is 5.41. The molecule has 0 bridgehead atoms. The maximum Gasteiger partial charge on any atom is 0.238 e. The molecule has 0 aliphatic heterocycles. The third-order valence-corrected chi connectivity index (χ3v) is 3.89. The summed E-state index contributed by atoms with van der Waals surface area (Å²) in [7, 11) is 0. The molecule has 0 radical (unpaired) electrons. The van der Waals surface area contributed by atoms with E-state index in [1.54, 1.807) is 12.1 Å². The third-order valence-electron chi connectivity index (χ3n) is 3.89. The van der Waals surface area contributed by atoms with Gasteiger partial charge in [-0.1, -0.05) is 24.1 Å². The summed E-state index contributed by atoms with van der Waals surface area (Å²) in [6.07, 6.45) is 2.98. The molecule has 0 heterocycles. The number of amides is 1. The summed E-state index contributed by atoms with van der Waals surface area (Å²) in [6.45, 7) is 2.46. The van der Waals surface area contributed by atoms with Crippen LogP contribution in [0.1, 0.15) is 32.6 Å². The zero-order chi connectivity index (χ0) is 15.3. The number of nitrogens with zero attached hydrogens (tertiary/aromatic N) is 1. The molecule has 4 N–H and O–H groups in total. The summed E-state index contributed by atoms with van der Waals surface area (Å²) in [4.78, 5) is 12.6. The molecule has 1 fully saturated rings. The number of carbonyl (C=O) groups is 1. The second-order valence-electron chi connectivity index (χ2n) is 5.19. The van der Waals surface area contributed by atoms with Crippen molar-refractivity contribution in [2.45, 2.75) is 32.6 Å². The molecule has 6 nitrogen and oxygen atoms in total. The number of rotatable bonds is 5. The quantitative estimate of drug-likeness (QED) is 0.336. The van der Waals surface area contributed by atoms with Crippen molar-refractivity contribution in [1.29, 1.82) is 0 Å². The van der Waals surface area contributed by atoms with Gasteiger partial charge in [0.15, 0.2) is 5.84 Å².